The van der Waals surface area contributed by atoms with Crippen molar-refractivity contribution < 1.29 is 32.8 Å². The molecule has 5 rings (SSSR count). The van der Waals surface area contributed by atoms with Gasteiger partial charge in [0, 0.05) is 31.6 Å². The second-order valence-electron chi connectivity index (χ2n) is 14.1. The number of carbonyl (C=O) groups is 1. The first-order valence-electron chi connectivity index (χ1n) is 19.2. The third kappa shape index (κ3) is 10.3. The second kappa shape index (κ2) is 20.5. The number of anilines is 1. The van der Waals surface area contributed by atoms with Crippen LogP contribution in [-0.2, 0) is 28.9 Å². The van der Waals surface area contributed by atoms with Gasteiger partial charge in [-0.05, 0) is 75.6 Å². The minimum Gasteiger partial charge on any atom is -0.497 e. The first-order chi connectivity index (χ1) is 27.9. The number of amides is 1. The highest BCUT2D eigenvalue weighted by molar-refractivity contribution is 7.44. The molecule has 0 spiro atoms. The van der Waals surface area contributed by atoms with Crippen LogP contribution in [0.3, 0.4) is 0 Å². The first kappa shape index (κ1) is 44.0. The highest BCUT2D eigenvalue weighted by Crippen LogP contribution is 2.50. The predicted octanol–water partition coefficient (Wildman–Crippen LogP) is 7.55. The second-order valence-corrected chi connectivity index (χ2v) is 15.5. The summed E-state index contributed by atoms with van der Waals surface area (Å²) in [5, 5.41) is 12.0. The van der Waals surface area contributed by atoms with E-state index in [0.717, 1.165) is 16.7 Å². The lowest BCUT2D eigenvalue weighted by Crippen LogP contribution is -2.39. The quantitative estimate of drug-likeness (QED) is 0.0460. The molecule has 14 heteroatoms. The van der Waals surface area contributed by atoms with E-state index in [0.29, 0.717) is 17.1 Å². The number of nitrogens with one attached hydrogen (secondary N) is 1. The summed E-state index contributed by atoms with van der Waals surface area (Å²) in [6.07, 6.45) is -0.278. The summed E-state index contributed by atoms with van der Waals surface area (Å²) < 4.78 is 41.9. The zero-order valence-corrected chi connectivity index (χ0v) is 35.2. The van der Waals surface area contributed by atoms with Crippen LogP contribution in [0, 0.1) is 23.2 Å². The highest BCUT2D eigenvalue weighted by atomic mass is 31.2. The fourth-order valence-electron chi connectivity index (χ4n) is 6.99. The number of hydrogen-bond donors (Lipinski definition) is 1. The Morgan fingerprint density at radius 1 is 0.983 bits per heavy atom. The summed E-state index contributed by atoms with van der Waals surface area (Å²) in [5.74, 6) is 6.85. The van der Waals surface area contributed by atoms with Crippen molar-refractivity contribution in [3.63, 3.8) is 0 Å². The van der Waals surface area contributed by atoms with Crippen LogP contribution in [0.5, 0.6) is 11.5 Å². The van der Waals surface area contributed by atoms with Gasteiger partial charge in [-0.1, -0.05) is 60.5 Å². The molecule has 1 saturated heterocycles. The van der Waals surface area contributed by atoms with Crippen LogP contribution in [0.4, 0.5) is 5.82 Å². The van der Waals surface area contributed by atoms with E-state index in [1.807, 2.05) is 78.9 Å². The van der Waals surface area contributed by atoms with Crippen LogP contribution in [0.15, 0.2) is 89.9 Å². The molecule has 1 aliphatic heterocycles. The molecule has 58 heavy (non-hydrogen) atoms. The number of methoxy groups -OCH3 is 2. The van der Waals surface area contributed by atoms with Gasteiger partial charge in [-0.2, -0.15) is 10.2 Å². The van der Waals surface area contributed by atoms with Gasteiger partial charge in [-0.15, -0.1) is 5.92 Å². The molecule has 306 valence electrons. The molecule has 2 heterocycles. The van der Waals surface area contributed by atoms with E-state index < -0.39 is 38.3 Å². The third-order valence-corrected chi connectivity index (χ3v) is 11.7. The van der Waals surface area contributed by atoms with Crippen molar-refractivity contribution in [2.24, 2.45) is 0 Å². The largest absolute Gasteiger partial charge is 0.497 e. The Hall–Kier alpha value is -5.11. The van der Waals surface area contributed by atoms with Gasteiger partial charge in [-0.3, -0.25) is 9.36 Å². The first-order valence-corrected chi connectivity index (χ1v) is 20.3. The molecule has 0 aliphatic carbocycles. The number of hydrogen-bond acceptors (Lipinski definition) is 11. The molecular weight excluding hydrogens is 757 g/mol. The van der Waals surface area contributed by atoms with Crippen molar-refractivity contribution in [1.82, 2.24) is 14.2 Å². The molecule has 0 radical (unpaired) electrons. The molecule has 3 aromatic carbocycles. The van der Waals surface area contributed by atoms with Crippen LogP contribution in [0.2, 0.25) is 0 Å². The van der Waals surface area contributed by atoms with Gasteiger partial charge in [0.25, 0.3) is 8.53 Å². The maximum absolute atomic E-state index is 13.7. The number of ether oxygens (including phenoxy) is 4. The molecule has 1 unspecified atom stereocenters. The number of benzene rings is 3. The van der Waals surface area contributed by atoms with E-state index in [4.69, 9.17) is 28.0 Å². The van der Waals surface area contributed by atoms with E-state index in [9.17, 15) is 14.9 Å². The molecule has 0 bridgehead atoms. The van der Waals surface area contributed by atoms with Gasteiger partial charge < -0.3 is 33.3 Å². The van der Waals surface area contributed by atoms with Crippen molar-refractivity contribution in [2.45, 2.75) is 90.5 Å². The summed E-state index contributed by atoms with van der Waals surface area (Å²) in [6.45, 7) is 11.4. The van der Waals surface area contributed by atoms with Crippen LogP contribution >= 0.6 is 8.53 Å². The van der Waals surface area contributed by atoms with Crippen LogP contribution in [-0.4, -0.2) is 71.9 Å². The average Bonchev–Trinajstić information content (AvgIpc) is 3.61. The number of carbonyl (C=O) groups excluding carboxylic acids is 1. The predicted molar refractivity (Wildman–Crippen MR) is 222 cm³/mol. The normalized spacial score (nSPS) is 17.1. The molecule has 1 aromatic heterocycles. The number of nitrogens with zero attached hydrogens (tertiary/aromatic N) is 4. The Bertz CT molecular complexity index is 2070. The van der Waals surface area contributed by atoms with Gasteiger partial charge in [0.1, 0.15) is 29.4 Å². The van der Waals surface area contributed by atoms with E-state index in [-0.39, 0.29) is 49.9 Å². The van der Waals surface area contributed by atoms with Gasteiger partial charge in [0.05, 0.1) is 51.6 Å². The molecule has 1 fully saturated rings. The van der Waals surface area contributed by atoms with Crippen LogP contribution < -0.4 is 20.5 Å². The van der Waals surface area contributed by atoms with Gasteiger partial charge in [0.15, 0.2) is 5.82 Å². The number of rotatable bonds is 18. The van der Waals surface area contributed by atoms with E-state index in [1.165, 1.54) is 11.5 Å². The van der Waals surface area contributed by atoms with Gasteiger partial charge >= 0.3 is 5.69 Å². The average molecular weight is 810 g/mol. The topological polar surface area (TPSA) is 146 Å². The van der Waals surface area contributed by atoms with Crippen molar-refractivity contribution in [1.29, 1.82) is 5.26 Å². The minimum atomic E-state index is -1.71. The molecule has 1 N–H and O–H groups in total. The van der Waals surface area contributed by atoms with Crippen LogP contribution in [0.25, 0.3) is 0 Å². The van der Waals surface area contributed by atoms with E-state index in [1.54, 1.807) is 27.3 Å². The number of nitriles is 1. The lowest BCUT2D eigenvalue weighted by molar-refractivity contribution is -0.114. The zero-order valence-electron chi connectivity index (χ0n) is 34.3. The van der Waals surface area contributed by atoms with Crippen molar-refractivity contribution >= 4 is 20.3 Å². The Morgan fingerprint density at radius 3 is 2.09 bits per heavy atom. The Kier molecular flexibility index (Phi) is 15.6. The fraction of sp³-hybridized carbons (Fsp3) is 0.409. The molecule has 13 nitrogen and oxygen atoms in total. The monoisotopic (exact) mass is 809 g/mol. The highest BCUT2D eigenvalue weighted by Gasteiger charge is 2.45. The van der Waals surface area contributed by atoms with E-state index in [2.05, 4.69) is 60.6 Å². The fourth-order valence-corrected chi connectivity index (χ4v) is 8.75. The van der Waals surface area contributed by atoms with Crippen molar-refractivity contribution in [3.8, 4) is 29.4 Å². The minimum absolute atomic E-state index is 0.00657. The lowest BCUT2D eigenvalue weighted by Gasteiger charge is -2.39. The summed E-state index contributed by atoms with van der Waals surface area (Å²) in [7, 11) is 1.54. The molecule has 4 aromatic rings. The Morgan fingerprint density at radius 2 is 1.57 bits per heavy atom. The van der Waals surface area contributed by atoms with Crippen molar-refractivity contribution in [2.75, 3.05) is 32.8 Å². The van der Waals surface area contributed by atoms with Gasteiger partial charge in [0.2, 0.25) is 5.91 Å². The molecule has 0 saturated carbocycles. The van der Waals surface area contributed by atoms with E-state index >= 15 is 0 Å². The SMILES string of the molecule is CC#Cc1cn([C@H]2C[C@H](OP(OCCC#N)N(C(C)C)C(C)C)[C@@H](COC(c3ccccc3)(c3ccc(OC)cc3)c3ccc(OC)cc3)O2)c(=O)nc1NC(C)=O. The lowest BCUT2D eigenvalue weighted by atomic mass is 9.80. The zero-order chi connectivity index (χ0) is 41.8. The summed E-state index contributed by atoms with van der Waals surface area (Å²) in [5.41, 5.74) is 1.09. The standard InChI is InChI=1S/C44H52N5O8P/c1-9-14-33-28-48(43(51)47-42(33)46-32(6)50)41-27-39(57-58(55-26-13-25-45)49(30(2)3)31(4)5)40(56-41)29-54-44(34-15-11-10-12-16-34,35-17-21-37(52-7)22-18-35)36-19-23-38(53-8)24-20-36/h10-12,15-24,28,30-31,39-41H,13,26-27,29H2,1-8H3,(H,46,47,50,51)/t39-,40+,41+,58?/m0/s1. The molecule has 1 amide bonds. The molecular formula is C44H52N5O8P. The Balaban J connectivity index is 1.63. The molecule has 4 atom stereocenters. The molecule has 1 aliphatic rings. The maximum atomic E-state index is 13.7. The number of aromatic nitrogens is 2. The summed E-state index contributed by atoms with van der Waals surface area (Å²) in [6, 6.07) is 27.7. The summed E-state index contributed by atoms with van der Waals surface area (Å²) >= 11 is 0. The Labute approximate surface area is 342 Å². The third-order valence-electron chi connectivity index (χ3n) is 9.52. The maximum Gasteiger partial charge on any atom is 0.351 e. The summed E-state index contributed by atoms with van der Waals surface area (Å²) in [4.78, 5) is 29.8. The van der Waals surface area contributed by atoms with Gasteiger partial charge in [-0.25, -0.2) is 9.46 Å². The van der Waals surface area contributed by atoms with Crippen LogP contribution in [0.1, 0.15) is 82.9 Å². The van der Waals surface area contributed by atoms with Crippen molar-refractivity contribution in [3.05, 3.63) is 118 Å². The smallest absolute Gasteiger partial charge is 0.351 e.